The van der Waals surface area contributed by atoms with Crippen LogP contribution in [0.5, 0.6) is 0 Å². The first kappa shape index (κ1) is 13.3. The summed E-state index contributed by atoms with van der Waals surface area (Å²) in [4.78, 5) is 3.81. The second-order valence-electron chi connectivity index (χ2n) is 4.87. The van der Waals surface area contributed by atoms with Crippen LogP contribution in [-0.4, -0.2) is 16.3 Å². The van der Waals surface area contributed by atoms with E-state index in [9.17, 15) is 13.2 Å². The Labute approximate surface area is 103 Å². The average Bonchev–Trinajstić information content (AvgIpc) is 2.58. The fraction of sp³-hybridized carbons (Fsp3) is 0.818. The van der Waals surface area contributed by atoms with Crippen LogP contribution in [0, 0.1) is 0 Å². The van der Waals surface area contributed by atoms with Gasteiger partial charge in [-0.2, -0.15) is 18.2 Å². The first-order chi connectivity index (χ1) is 8.39. The van der Waals surface area contributed by atoms with Crippen molar-refractivity contribution in [3.05, 3.63) is 11.7 Å². The van der Waals surface area contributed by atoms with Crippen molar-refractivity contribution in [2.24, 2.45) is 5.73 Å². The predicted octanol–water partition coefficient (Wildman–Crippen LogP) is 2.68. The molecule has 102 valence electrons. The molecule has 1 aromatic rings. The second-order valence-corrected chi connectivity index (χ2v) is 4.87. The summed E-state index contributed by atoms with van der Waals surface area (Å²) in [6, 6.07) is 0. The third-order valence-corrected chi connectivity index (χ3v) is 3.26. The average molecular weight is 263 g/mol. The summed E-state index contributed by atoms with van der Waals surface area (Å²) in [5, 5.41) is 3.63. The first-order valence-corrected chi connectivity index (χ1v) is 6.08. The number of hydrogen-bond donors (Lipinski definition) is 1. The van der Waals surface area contributed by atoms with Crippen LogP contribution in [-0.2, 0) is 12.0 Å². The van der Waals surface area contributed by atoms with Crippen LogP contribution in [0.15, 0.2) is 4.52 Å². The summed E-state index contributed by atoms with van der Waals surface area (Å²) in [6.45, 7) is 0. The van der Waals surface area contributed by atoms with E-state index in [1.807, 2.05) is 0 Å². The van der Waals surface area contributed by atoms with Crippen molar-refractivity contribution < 1.29 is 17.7 Å². The molecule has 2 N–H and O–H groups in total. The van der Waals surface area contributed by atoms with Crippen LogP contribution < -0.4 is 5.73 Å². The Morgan fingerprint density at radius 1 is 1.17 bits per heavy atom. The number of nitrogens with zero attached hydrogens (tertiary/aromatic N) is 2. The van der Waals surface area contributed by atoms with Gasteiger partial charge in [0.15, 0.2) is 5.82 Å². The summed E-state index contributed by atoms with van der Waals surface area (Å²) in [7, 11) is 0. The van der Waals surface area contributed by atoms with Crippen molar-refractivity contribution >= 4 is 0 Å². The van der Waals surface area contributed by atoms with E-state index >= 15 is 0 Å². The van der Waals surface area contributed by atoms with E-state index in [4.69, 9.17) is 5.73 Å². The quantitative estimate of drug-likeness (QED) is 0.833. The highest BCUT2D eigenvalue weighted by atomic mass is 19.4. The van der Waals surface area contributed by atoms with Gasteiger partial charge < -0.3 is 10.3 Å². The summed E-state index contributed by atoms with van der Waals surface area (Å²) in [6.07, 6.45) is -0.0845. The number of nitrogens with two attached hydrogens (primary N) is 1. The Bertz CT molecular complexity index is 394. The van der Waals surface area contributed by atoms with Gasteiger partial charge in [-0.1, -0.05) is 30.8 Å². The van der Waals surface area contributed by atoms with Crippen molar-refractivity contribution in [3.63, 3.8) is 0 Å². The topological polar surface area (TPSA) is 64.9 Å². The van der Waals surface area contributed by atoms with Crippen molar-refractivity contribution in [2.45, 2.75) is 56.7 Å². The van der Waals surface area contributed by atoms with Gasteiger partial charge >= 0.3 is 6.18 Å². The fourth-order valence-electron chi connectivity index (χ4n) is 2.28. The molecule has 0 atom stereocenters. The molecule has 0 spiro atoms. The van der Waals surface area contributed by atoms with E-state index in [0.717, 1.165) is 25.7 Å². The number of halogens is 3. The molecule has 0 amide bonds. The van der Waals surface area contributed by atoms with Gasteiger partial charge in [0.1, 0.15) is 6.42 Å². The minimum atomic E-state index is -4.34. The molecule has 0 aromatic carbocycles. The lowest BCUT2D eigenvalue weighted by molar-refractivity contribution is -0.131. The van der Waals surface area contributed by atoms with E-state index in [2.05, 4.69) is 14.7 Å². The maximum absolute atomic E-state index is 12.2. The second kappa shape index (κ2) is 4.87. The number of rotatable bonds is 2. The monoisotopic (exact) mass is 263 g/mol. The number of aromatic nitrogens is 2. The zero-order chi connectivity index (χ0) is 13.2. The van der Waals surface area contributed by atoms with Gasteiger partial charge in [0.25, 0.3) is 0 Å². The Kier molecular flexibility index (Phi) is 3.61. The largest absolute Gasteiger partial charge is 0.397 e. The molecule has 1 saturated carbocycles. The van der Waals surface area contributed by atoms with Crippen molar-refractivity contribution in [1.29, 1.82) is 0 Å². The SMILES string of the molecule is NC1(c2noc(CC(F)(F)F)n2)CCCCCC1. The van der Waals surface area contributed by atoms with E-state index in [0.29, 0.717) is 12.8 Å². The molecule has 0 saturated heterocycles. The predicted molar refractivity (Wildman–Crippen MR) is 57.6 cm³/mol. The van der Waals surface area contributed by atoms with Crippen LogP contribution in [0.1, 0.15) is 50.2 Å². The zero-order valence-electron chi connectivity index (χ0n) is 9.96. The van der Waals surface area contributed by atoms with E-state index in [-0.39, 0.29) is 5.82 Å². The summed E-state index contributed by atoms with van der Waals surface area (Å²) in [5.74, 6) is -0.199. The van der Waals surface area contributed by atoms with Gasteiger partial charge in [-0.3, -0.25) is 0 Å². The van der Waals surface area contributed by atoms with E-state index < -0.39 is 24.0 Å². The van der Waals surface area contributed by atoms with Gasteiger partial charge in [-0.05, 0) is 12.8 Å². The Morgan fingerprint density at radius 3 is 2.33 bits per heavy atom. The van der Waals surface area contributed by atoms with Crippen LogP contribution >= 0.6 is 0 Å². The molecule has 1 aromatic heterocycles. The molecule has 0 bridgehead atoms. The highest BCUT2D eigenvalue weighted by molar-refractivity contribution is 5.05. The lowest BCUT2D eigenvalue weighted by Crippen LogP contribution is -2.37. The molecule has 1 aliphatic rings. The molecule has 1 fully saturated rings. The van der Waals surface area contributed by atoms with Crippen molar-refractivity contribution in [1.82, 2.24) is 10.1 Å². The maximum atomic E-state index is 12.2. The molecular weight excluding hydrogens is 247 g/mol. The summed E-state index contributed by atoms with van der Waals surface area (Å²) >= 11 is 0. The molecule has 4 nitrogen and oxygen atoms in total. The molecule has 7 heteroatoms. The van der Waals surface area contributed by atoms with E-state index in [1.54, 1.807) is 0 Å². The molecule has 1 heterocycles. The number of alkyl halides is 3. The smallest absolute Gasteiger partial charge is 0.339 e. The molecule has 18 heavy (non-hydrogen) atoms. The Balaban J connectivity index is 2.13. The van der Waals surface area contributed by atoms with Crippen LogP contribution in [0.3, 0.4) is 0 Å². The minimum absolute atomic E-state index is 0.212. The van der Waals surface area contributed by atoms with Gasteiger partial charge in [0.2, 0.25) is 5.89 Å². The van der Waals surface area contributed by atoms with Crippen molar-refractivity contribution in [2.75, 3.05) is 0 Å². The van der Waals surface area contributed by atoms with Gasteiger partial charge in [0.05, 0.1) is 5.54 Å². The Morgan fingerprint density at radius 2 is 1.78 bits per heavy atom. The van der Waals surface area contributed by atoms with Gasteiger partial charge in [-0.15, -0.1) is 0 Å². The zero-order valence-corrected chi connectivity index (χ0v) is 9.96. The van der Waals surface area contributed by atoms with Crippen molar-refractivity contribution in [3.8, 4) is 0 Å². The molecule has 1 aliphatic carbocycles. The fourth-order valence-corrected chi connectivity index (χ4v) is 2.28. The third kappa shape index (κ3) is 3.22. The van der Waals surface area contributed by atoms with Crippen LogP contribution in [0.4, 0.5) is 13.2 Å². The van der Waals surface area contributed by atoms with Crippen LogP contribution in [0.25, 0.3) is 0 Å². The maximum Gasteiger partial charge on any atom is 0.397 e. The van der Waals surface area contributed by atoms with Gasteiger partial charge in [-0.25, -0.2) is 0 Å². The molecule has 2 rings (SSSR count). The highest BCUT2D eigenvalue weighted by Crippen LogP contribution is 2.32. The van der Waals surface area contributed by atoms with Crippen LogP contribution in [0.2, 0.25) is 0 Å². The summed E-state index contributed by atoms with van der Waals surface area (Å²) < 4.78 is 41.2. The normalized spacial score (nSPS) is 20.7. The first-order valence-electron chi connectivity index (χ1n) is 6.08. The number of hydrogen-bond acceptors (Lipinski definition) is 4. The molecule has 0 aliphatic heterocycles. The molecule has 0 radical (unpaired) electrons. The Hall–Kier alpha value is -1.11. The third-order valence-electron chi connectivity index (χ3n) is 3.26. The highest BCUT2D eigenvalue weighted by Gasteiger charge is 2.36. The molecular formula is C11H16F3N3O. The van der Waals surface area contributed by atoms with E-state index in [1.165, 1.54) is 0 Å². The van der Waals surface area contributed by atoms with Gasteiger partial charge in [0, 0.05) is 0 Å². The molecule has 0 unspecified atom stereocenters. The lowest BCUT2D eigenvalue weighted by Gasteiger charge is -2.23. The lowest BCUT2D eigenvalue weighted by atomic mass is 9.91. The minimum Gasteiger partial charge on any atom is -0.339 e. The summed E-state index contributed by atoms with van der Waals surface area (Å²) in [5.41, 5.74) is 5.46. The standard InChI is InChI=1S/C11H16F3N3O/c12-11(13,14)7-8-16-9(17-18-8)10(15)5-3-1-2-4-6-10/h1-7,15H2.